The summed E-state index contributed by atoms with van der Waals surface area (Å²) in [7, 11) is 1.76. The molecule has 2 rings (SSSR count). The van der Waals surface area contributed by atoms with Gasteiger partial charge in [-0.25, -0.2) is 0 Å². The van der Waals surface area contributed by atoms with E-state index in [2.05, 4.69) is 12.1 Å². The number of aliphatic hydroxyl groups excluding tert-OH is 1. The van der Waals surface area contributed by atoms with Crippen molar-refractivity contribution in [2.24, 2.45) is 0 Å². The zero-order valence-corrected chi connectivity index (χ0v) is 11.6. The molecule has 1 amide bonds. The first-order chi connectivity index (χ1) is 9.72. The van der Waals surface area contributed by atoms with Crippen molar-refractivity contribution in [3.05, 3.63) is 54.6 Å². The lowest BCUT2D eigenvalue weighted by atomic mass is 10.1. The van der Waals surface area contributed by atoms with Gasteiger partial charge >= 0.3 is 0 Å². The summed E-state index contributed by atoms with van der Waals surface area (Å²) in [5.41, 5.74) is 3.16. The van der Waals surface area contributed by atoms with Crippen molar-refractivity contribution < 1.29 is 9.90 Å². The zero-order valence-electron chi connectivity index (χ0n) is 11.6. The summed E-state index contributed by atoms with van der Waals surface area (Å²) in [4.78, 5) is 13.5. The molecule has 104 valence electrons. The van der Waals surface area contributed by atoms with E-state index in [4.69, 9.17) is 5.11 Å². The minimum Gasteiger partial charge on any atom is -0.396 e. The smallest absolute Gasteiger partial charge is 0.226 e. The van der Waals surface area contributed by atoms with Gasteiger partial charge in [-0.05, 0) is 29.7 Å². The molecule has 3 heteroatoms. The predicted octanol–water partition coefficient (Wildman–Crippen LogP) is 3.09. The van der Waals surface area contributed by atoms with Gasteiger partial charge in [0.2, 0.25) is 5.91 Å². The van der Waals surface area contributed by atoms with Gasteiger partial charge in [0.25, 0.3) is 0 Å². The van der Waals surface area contributed by atoms with Crippen molar-refractivity contribution in [1.82, 2.24) is 0 Å². The summed E-state index contributed by atoms with van der Waals surface area (Å²) >= 11 is 0. The van der Waals surface area contributed by atoms with Crippen molar-refractivity contribution in [3.63, 3.8) is 0 Å². The van der Waals surface area contributed by atoms with E-state index in [9.17, 15) is 4.79 Å². The van der Waals surface area contributed by atoms with Gasteiger partial charge in [0.05, 0.1) is 0 Å². The van der Waals surface area contributed by atoms with Gasteiger partial charge in [-0.3, -0.25) is 4.79 Å². The summed E-state index contributed by atoms with van der Waals surface area (Å²) in [5, 5.41) is 8.76. The van der Waals surface area contributed by atoms with Crippen LogP contribution < -0.4 is 4.90 Å². The van der Waals surface area contributed by atoms with Crippen molar-refractivity contribution in [1.29, 1.82) is 0 Å². The number of hydrogen-bond acceptors (Lipinski definition) is 2. The highest BCUT2D eigenvalue weighted by Crippen LogP contribution is 2.22. The van der Waals surface area contributed by atoms with Crippen LogP contribution in [0.5, 0.6) is 0 Å². The lowest BCUT2D eigenvalue weighted by molar-refractivity contribution is -0.118. The first kappa shape index (κ1) is 14.3. The molecule has 0 atom stereocenters. The van der Waals surface area contributed by atoms with Crippen LogP contribution in [0.3, 0.4) is 0 Å². The second kappa shape index (κ2) is 6.87. The van der Waals surface area contributed by atoms with E-state index < -0.39 is 0 Å². The molecule has 0 saturated heterocycles. The second-order valence-corrected chi connectivity index (χ2v) is 4.69. The standard InChI is InChI=1S/C17H19NO2/c1-18(17(20)8-5-13-19)16-11-9-15(10-12-16)14-6-3-2-4-7-14/h2-4,6-7,9-12,19H,5,8,13H2,1H3. The molecule has 3 nitrogen and oxygen atoms in total. The fraction of sp³-hybridized carbons (Fsp3) is 0.235. The average Bonchev–Trinajstić information content (AvgIpc) is 2.53. The molecule has 0 aliphatic heterocycles. The molecule has 0 saturated carbocycles. The first-order valence-electron chi connectivity index (χ1n) is 6.75. The van der Waals surface area contributed by atoms with Crippen LogP contribution in [0.4, 0.5) is 5.69 Å². The largest absolute Gasteiger partial charge is 0.396 e. The third kappa shape index (κ3) is 3.45. The monoisotopic (exact) mass is 269 g/mol. The van der Waals surface area contributed by atoms with Gasteiger partial charge in [0, 0.05) is 25.8 Å². The van der Waals surface area contributed by atoms with E-state index in [1.54, 1.807) is 11.9 Å². The summed E-state index contributed by atoms with van der Waals surface area (Å²) < 4.78 is 0. The Balaban J connectivity index is 2.10. The number of nitrogens with zero attached hydrogens (tertiary/aromatic N) is 1. The minimum absolute atomic E-state index is 0.0199. The Labute approximate surface area is 119 Å². The van der Waals surface area contributed by atoms with E-state index in [-0.39, 0.29) is 12.5 Å². The number of carbonyl (C=O) groups excluding carboxylic acids is 1. The number of aliphatic hydroxyl groups is 1. The molecular weight excluding hydrogens is 250 g/mol. The Morgan fingerprint density at radius 2 is 1.60 bits per heavy atom. The van der Waals surface area contributed by atoms with Crippen molar-refractivity contribution in [2.45, 2.75) is 12.8 Å². The van der Waals surface area contributed by atoms with Crippen molar-refractivity contribution in [3.8, 4) is 11.1 Å². The van der Waals surface area contributed by atoms with Crippen LogP contribution in [0.15, 0.2) is 54.6 Å². The molecule has 0 heterocycles. The second-order valence-electron chi connectivity index (χ2n) is 4.69. The summed E-state index contributed by atoms with van der Waals surface area (Å²) in [6.07, 6.45) is 0.874. The number of carbonyl (C=O) groups is 1. The van der Waals surface area contributed by atoms with Crippen LogP contribution in [0.25, 0.3) is 11.1 Å². The van der Waals surface area contributed by atoms with E-state index in [0.717, 1.165) is 16.8 Å². The Bertz CT molecular complexity index is 549. The SMILES string of the molecule is CN(C(=O)CCCO)c1ccc(-c2ccccc2)cc1. The normalized spacial score (nSPS) is 10.3. The van der Waals surface area contributed by atoms with Crippen LogP contribution >= 0.6 is 0 Å². The van der Waals surface area contributed by atoms with Gasteiger partial charge in [-0.1, -0.05) is 42.5 Å². The first-order valence-corrected chi connectivity index (χ1v) is 6.75. The predicted molar refractivity (Wildman–Crippen MR) is 81.6 cm³/mol. The maximum Gasteiger partial charge on any atom is 0.226 e. The summed E-state index contributed by atoms with van der Waals surface area (Å²) in [6, 6.07) is 18.0. The van der Waals surface area contributed by atoms with Crippen LogP contribution in [-0.2, 0) is 4.79 Å². The van der Waals surface area contributed by atoms with E-state index in [0.29, 0.717) is 12.8 Å². The van der Waals surface area contributed by atoms with Crippen LogP contribution in [0.1, 0.15) is 12.8 Å². The molecule has 0 bridgehead atoms. The number of anilines is 1. The number of hydrogen-bond donors (Lipinski definition) is 1. The highest BCUT2D eigenvalue weighted by atomic mass is 16.3. The Kier molecular flexibility index (Phi) is 4.91. The van der Waals surface area contributed by atoms with E-state index >= 15 is 0 Å². The molecule has 20 heavy (non-hydrogen) atoms. The molecule has 0 unspecified atom stereocenters. The lowest BCUT2D eigenvalue weighted by Gasteiger charge is -2.17. The van der Waals surface area contributed by atoms with Crippen molar-refractivity contribution >= 4 is 11.6 Å². The molecule has 0 spiro atoms. The van der Waals surface area contributed by atoms with Crippen LogP contribution in [-0.4, -0.2) is 24.7 Å². The molecular formula is C17H19NO2. The van der Waals surface area contributed by atoms with Gasteiger partial charge in [0.1, 0.15) is 0 Å². The highest BCUT2D eigenvalue weighted by Gasteiger charge is 2.10. The van der Waals surface area contributed by atoms with Crippen LogP contribution in [0.2, 0.25) is 0 Å². The minimum atomic E-state index is 0.0199. The van der Waals surface area contributed by atoms with E-state index in [1.807, 2.05) is 42.5 Å². The fourth-order valence-corrected chi connectivity index (χ4v) is 2.05. The quantitative estimate of drug-likeness (QED) is 0.906. The average molecular weight is 269 g/mol. The van der Waals surface area contributed by atoms with Gasteiger partial charge in [0.15, 0.2) is 0 Å². The molecule has 2 aromatic carbocycles. The molecule has 0 radical (unpaired) electrons. The van der Waals surface area contributed by atoms with Gasteiger partial charge in [-0.15, -0.1) is 0 Å². The molecule has 0 aromatic heterocycles. The third-order valence-electron chi connectivity index (χ3n) is 3.28. The van der Waals surface area contributed by atoms with E-state index in [1.165, 1.54) is 0 Å². The van der Waals surface area contributed by atoms with Gasteiger partial charge < -0.3 is 10.0 Å². The molecule has 0 fully saturated rings. The number of benzene rings is 2. The zero-order chi connectivity index (χ0) is 14.4. The summed E-state index contributed by atoms with van der Waals surface area (Å²) in [6.45, 7) is 0.0481. The Hall–Kier alpha value is -2.13. The van der Waals surface area contributed by atoms with Crippen LogP contribution in [0, 0.1) is 0 Å². The molecule has 2 aromatic rings. The Morgan fingerprint density at radius 3 is 2.20 bits per heavy atom. The Morgan fingerprint density at radius 1 is 1.00 bits per heavy atom. The topological polar surface area (TPSA) is 40.5 Å². The highest BCUT2D eigenvalue weighted by molar-refractivity contribution is 5.93. The summed E-state index contributed by atoms with van der Waals surface area (Å²) in [5.74, 6) is 0.0199. The maximum absolute atomic E-state index is 11.9. The molecule has 0 aliphatic carbocycles. The fourth-order valence-electron chi connectivity index (χ4n) is 2.05. The molecule has 1 N–H and O–H groups in total. The maximum atomic E-state index is 11.9. The third-order valence-corrected chi connectivity index (χ3v) is 3.28. The van der Waals surface area contributed by atoms with Gasteiger partial charge in [-0.2, -0.15) is 0 Å². The van der Waals surface area contributed by atoms with Crippen molar-refractivity contribution in [2.75, 3.05) is 18.6 Å². The lowest BCUT2D eigenvalue weighted by Crippen LogP contribution is -2.25. The number of amides is 1. The number of rotatable bonds is 5. The molecule has 0 aliphatic rings.